The molecule has 0 aliphatic carbocycles. The summed E-state index contributed by atoms with van der Waals surface area (Å²) in [4.78, 5) is 20.5. The molecular weight excluding hydrogens is 236 g/mol. The van der Waals surface area contributed by atoms with Gasteiger partial charge in [0, 0.05) is 5.56 Å². The van der Waals surface area contributed by atoms with Gasteiger partial charge in [-0.2, -0.15) is 4.39 Å². The molecule has 17 heavy (non-hydrogen) atoms. The van der Waals surface area contributed by atoms with Crippen LogP contribution in [0.3, 0.4) is 0 Å². The van der Waals surface area contributed by atoms with Gasteiger partial charge in [-0.1, -0.05) is 0 Å². The zero-order valence-corrected chi connectivity index (χ0v) is 9.07. The van der Waals surface area contributed by atoms with Crippen LogP contribution in [0.1, 0.15) is 18.4 Å². The molecule has 0 radical (unpaired) electrons. The molecule has 0 aliphatic rings. The Hall–Kier alpha value is -2.05. The van der Waals surface area contributed by atoms with Crippen molar-refractivity contribution in [2.24, 2.45) is 0 Å². The summed E-state index contributed by atoms with van der Waals surface area (Å²) in [6.45, 7) is 1.32. The third-order valence-electron chi connectivity index (χ3n) is 2.28. The first-order valence-corrected chi connectivity index (χ1v) is 4.59. The van der Waals surface area contributed by atoms with Gasteiger partial charge in [0.15, 0.2) is 0 Å². The van der Waals surface area contributed by atoms with Gasteiger partial charge in [-0.3, -0.25) is 14.9 Å². The lowest BCUT2D eigenvalue weighted by molar-refractivity contribution is -0.387. The fourth-order valence-corrected chi connectivity index (χ4v) is 1.33. The van der Waals surface area contributed by atoms with E-state index in [9.17, 15) is 23.7 Å². The Balaban J connectivity index is 3.24. The molecule has 0 aromatic heterocycles. The molecule has 0 saturated heterocycles. The van der Waals surface area contributed by atoms with Crippen LogP contribution in [0.4, 0.5) is 14.5 Å². The van der Waals surface area contributed by atoms with Crippen LogP contribution < -0.4 is 0 Å². The maximum atomic E-state index is 13.5. The van der Waals surface area contributed by atoms with Crippen molar-refractivity contribution in [2.45, 2.75) is 12.8 Å². The van der Waals surface area contributed by atoms with Gasteiger partial charge in [0.2, 0.25) is 5.82 Å². The minimum absolute atomic E-state index is 0.278. The molecule has 1 aromatic carbocycles. The zero-order valence-electron chi connectivity index (χ0n) is 9.07. The van der Waals surface area contributed by atoms with Crippen LogP contribution in [0.25, 0.3) is 0 Å². The van der Waals surface area contributed by atoms with E-state index in [1.165, 1.54) is 6.92 Å². The molecule has 0 saturated carbocycles. The molecule has 0 fully saturated rings. The molecule has 0 heterocycles. The number of methoxy groups -OCH3 is 1. The standard InChI is InChI=1S/C10H9F2NO4/c1-5(10(14)17-2)6-3-8(12)9(13(15)16)4-7(6)11/h3-5H,1-2H3/t5-/m0/s1. The molecular formula is C10H9F2NO4. The summed E-state index contributed by atoms with van der Waals surface area (Å²) in [7, 11) is 1.11. The van der Waals surface area contributed by atoms with E-state index in [1.807, 2.05) is 0 Å². The SMILES string of the molecule is COC(=O)[C@@H](C)c1cc(F)c([N+](=O)[O-])cc1F. The fraction of sp³-hybridized carbons (Fsp3) is 0.300. The van der Waals surface area contributed by atoms with Gasteiger partial charge in [-0.05, 0) is 13.0 Å². The van der Waals surface area contributed by atoms with Crippen molar-refractivity contribution < 1.29 is 23.2 Å². The van der Waals surface area contributed by atoms with Gasteiger partial charge in [0.25, 0.3) is 0 Å². The average Bonchev–Trinajstić information content (AvgIpc) is 2.29. The first-order valence-electron chi connectivity index (χ1n) is 4.59. The van der Waals surface area contributed by atoms with Crippen molar-refractivity contribution in [1.29, 1.82) is 0 Å². The topological polar surface area (TPSA) is 69.4 Å². The Bertz CT molecular complexity index is 476. The van der Waals surface area contributed by atoms with Gasteiger partial charge in [-0.15, -0.1) is 0 Å². The van der Waals surface area contributed by atoms with Crippen LogP contribution in [0.5, 0.6) is 0 Å². The summed E-state index contributed by atoms with van der Waals surface area (Å²) >= 11 is 0. The lowest BCUT2D eigenvalue weighted by Gasteiger charge is -2.10. The second kappa shape index (κ2) is 4.86. The summed E-state index contributed by atoms with van der Waals surface area (Å²) in [6.07, 6.45) is 0. The highest BCUT2D eigenvalue weighted by Crippen LogP contribution is 2.26. The summed E-state index contributed by atoms with van der Waals surface area (Å²) in [6, 6.07) is 1.08. The first kappa shape index (κ1) is 13.0. The third kappa shape index (κ3) is 2.55. The van der Waals surface area contributed by atoms with E-state index < -0.39 is 34.1 Å². The molecule has 1 aromatic rings. The molecule has 5 nitrogen and oxygen atoms in total. The predicted octanol–water partition coefficient (Wildman–Crippen LogP) is 2.15. The van der Waals surface area contributed by atoms with Crippen LogP contribution >= 0.6 is 0 Å². The van der Waals surface area contributed by atoms with E-state index in [0.29, 0.717) is 12.1 Å². The molecule has 0 spiro atoms. The van der Waals surface area contributed by atoms with E-state index in [1.54, 1.807) is 0 Å². The molecule has 7 heteroatoms. The largest absolute Gasteiger partial charge is 0.469 e. The first-order chi connectivity index (χ1) is 7.88. The quantitative estimate of drug-likeness (QED) is 0.464. The van der Waals surface area contributed by atoms with Gasteiger partial charge in [0.1, 0.15) is 5.82 Å². The molecule has 0 aliphatic heterocycles. The van der Waals surface area contributed by atoms with Crippen molar-refractivity contribution in [3.8, 4) is 0 Å². The van der Waals surface area contributed by atoms with Gasteiger partial charge in [-0.25, -0.2) is 4.39 Å². The molecule has 0 amide bonds. The minimum Gasteiger partial charge on any atom is -0.469 e. The Morgan fingerprint density at radius 3 is 2.47 bits per heavy atom. The van der Waals surface area contributed by atoms with Crippen molar-refractivity contribution in [1.82, 2.24) is 0 Å². The van der Waals surface area contributed by atoms with E-state index in [4.69, 9.17) is 0 Å². The van der Waals surface area contributed by atoms with Crippen molar-refractivity contribution in [3.63, 3.8) is 0 Å². The molecule has 92 valence electrons. The van der Waals surface area contributed by atoms with E-state index >= 15 is 0 Å². The average molecular weight is 245 g/mol. The predicted molar refractivity (Wildman–Crippen MR) is 53.4 cm³/mol. The Kier molecular flexibility index (Phi) is 3.72. The fourth-order valence-electron chi connectivity index (χ4n) is 1.33. The zero-order chi connectivity index (χ0) is 13.2. The van der Waals surface area contributed by atoms with Crippen molar-refractivity contribution >= 4 is 11.7 Å². The number of nitro benzene ring substituents is 1. The highest BCUT2D eigenvalue weighted by molar-refractivity contribution is 5.77. The smallest absolute Gasteiger partial charge is 0.312 e. The Morgan fingerprint density at radius 2 is 2.00 bits per heavy atom. The van der Waals surface area contributed by atoms with Crippen molar-refractivity contribution in [2.75, 3.05) is 7.11 Å². The van der Waals surface area contributed by atoms with Crippen molar-refractivity contribution in [3.05, 3.63) is 39.4 Å². The second-order valence-corrected chi connectivity index (χ2v) is 3.33. The molecule has 1 rings (SSSR count). The number of halogens is 2. The summed E-state index contributed by atoms with van der Waals surface area (Å²) in [5.74, 6) is -3.99. The van der Waals surface area contributed by atoms with Crippen LogP contribution in [0.2, 0.25) is 0 Å². The van der Waals surface area contributed by atoms with E-state index in [0.717, 1.165) is 7.11 Å². The Labute approximate surface area is 95.2 Å². The van der Waals surface area contributed by atoms with Gasteiger partial charge < -0.3 is 4.74 Å². The van der Waals surface area contributed by atoms with Crippen LogP contribution in [-0.2, 0) is 9.53 Å². The number of benzene rings is 1. The third-order valence-corrected chi connectivity index (χ3v) is 2.28. The lowest BCUT2D eigenvalue weighted by Crippen LogP contribution is -2.13. The normalized spacial score (nSPS) is 12.0. The molecule has 0 unspecified atom stereocenters. The lowest BCUT2D eigenvalue weighted by atomic mass is 10.00. The number of hydrogen-bond acceptors (Lipinski definition) is 4. The highest BCUT2D eigenvalue weighted by atomic mass is 19.1. The minimum atomic E-state index is -1.19. The molecule has 1 atom stereocenters. The van der Waals surface area contributed by atoms with E-state index in [2.05, 4.69) is 4.74 Å². The van der Waals surface area contributed by atoms with Gasteiger partial charge in [0.05, 0.1) is 24.0 Å². The van der Waals surface area contributed by atoms with Crippen LogP contribution in [0, 0.1) is 21.7 Å². The maximum Gasteiger partial charge on any atom is 0.312 e. The monoisotopic (exact) mass is 245 g/mol. The number of hydrogen-bond donors (Lipinski definition) is 0. The number of nitro groups is 1. The van der Waals surface area contributed by atoms with Crippen LogP contribution in [-0.4, -0.2) is 18.0 Å². The maximum absolute atomic E-state index is 13.5. The Morgan fingerprint density at radius 1 is 1.41 bits per heavy atom. The number of nitrogens with zero attached hydrogens (tertiary/aromatic N) is 1. The van der Waals surface area contributed by atoms with Gasteiger partial charge >= 0.3 is 11.7 Å². The second-order valence-electron chi connectivity index (χ2n) is 3.33. The van der Waals surface area contributed by atoms with E-state index in [-0.39, 0.29) is 5.56 Å². The summed E-state index contributed by atoms with van der Waals surface area (Å²) in [5, 5.41) is 10.4. The number of ether oxygens (including phenoxy) is 1. The summed E-state index contributed by atoms with van der Waals surface area (Å²) in [5.41, 5.74) is -1.25. The molecule has 0 N–H and O–H groups in total. The highest BCUT2D eigenvalue weighted by Gasteiger charge is 2.25. The number of esters is 1. The van der Waals surface area contributed by atoms with Crippen LogP contribution in [0.15, 0.2) is 12.1 Å². The number of carbonyl (C=O) groups is 1. The number of carbonyl (C=O) groups excluding carboxylic acids is 1. The molecule has 0 bridgehead atoms. The summed E-state index contributed by atoms with van der Waals surface area (Å²) < 4.78 is 31.1. The number of rotatable bonds is 3.